The monoisotopic (exact) mass is 139 g/mol. The summed E-state index contributed by atoms with van der Waals surface area (Å²) in [6.07, 6.45) is 2.90. The van der Waals surface area contributed by atoms with Crippen LogP contribution >= 0.6 is 0 Å². The zero-order chi connectivity index (χ0) is 7.19. The van der Waals surface area contributed by atoms with Gasteiger partial charge in [-0.1, -0.05) is 13.8 Å². The van der Waals surface area contributed by atoms with Crippen molar-refractivity contribution in [3.63, 3.8) is 0 Å². The van der Waals surface area contributed by atoms with Crippen LogP contribution in [0.15, 0.2) is 0 Å². The van der Waals surface area contributed by atoms with Crippen LogP contribution in [0.25, 0.3) is 0 Å². The Bertz CT molecular complexity index is 126. The van der Waals surface area contributed by atoms with E-state index in [1.807, 2.05) is 0 Å². The molecule has 1 saturated carbocycles. The number of nitrogens with one attached hydrogen (secondary N) is 1. The second-order valence-electron chi connectivity index (χ2n) is 4.75. The fourth-order valence-electron chi connectivity index (χ4n) is 2.77. The maximum absolute atomic E-state index is 3.46. The van der Waals surface area contributed by atoms with E-state index < -0.39 is 0 Å². The summed E-state index contributed by atoms with van der Waals surface area (Å²) in [5.74, 6) is 2.02. The van der Waals surface area contributed by atoms with Crippen LogP contribution in [-0.2, 0) is 0 Å². The SMILES string of the molecule is CC1(C)C[C@H]2CNC[C@H]2C1. The first-order valence-corrected chi connectivity index (χ1v) is 4.38. The molecule has 0 radical (unpaired) electrons. The van der Waals surface area contributed by atoms with Gasteiger partial charge in [-0.3, -0.25) is 0 Å². The predicted octanol–water partition coefficient (Wildman–Crippen LogP) is 1.64. The van der Waals surface area contributed by atoms with Gasteiger partial charge in [-0.2, -0.15) is 0 Å². The lowest BCUT2D eigenvalue weighted by Gasteiger charge is -2.17. The molecule has 0 aromatic rings. The van der Waals surface area contributed by atoms with Gasteiger partial charge in [0.2, 0.25) is 0 Å². The molecule has 1 aliphatic carbocycles. The van der Waals surface area contributed by atoms with Crippen molar-refractivity contribution in [2.75, 3.05) is 13.1 Å². The van der Waals surface area contributed by atoms with Gasteiger partial charge in [0.15, 0.2) is 0 Å². The summed E-state index contributed by atoms with van der Waals surface area (Å²) < 4.78 is 0. The molecular formula is C9H17N. The molecule has 0 unspecified atom stereocenters. The fourth-order valence-corrected chi connectivity index (χ4v) is 2.77. The second-order valence-corrected chi connectivity index (χ2v) is 4.75. The van der Waals surface area contributed by atoms with Crippen LogP contribution in [-0.4, -0.2) is 13.1 Å². The first-order valence-electron chi connectivity index (χ1n) is 4.38. The molecule has 0 aromatic carbocycles. The van der Waals surface area contributed by atoms with Crippen molar-refractivity contribution in [3.8, 4) is 0 Å². The van der Waals surface area contributed by atoms with Gasteiger partial charge in [-0.15, -0.1) is 0 Å². The Morgan fingerprint density at radius 2 is 1.60 bits per heavy atom. The Balaban J connectivity index is 2.07. The summed E-state index contributed by atoms with van der Waals surface area (Å²) in [7, 11) is 0. The molecule has 2 aliphatic rings. The molecule has 58 valence electrons. The predicted molar refractivity (Wildman–Crippen MR) is 42.9 cm³/mol. The Morgan fingerprint density at radius 1 is 1.10 bits per heavy atom. The van der Waals surface area contributed by atoms with Crippen LogP contribution in [0, 0.1) is 17.3 Å². The van der Waals surface area contributed by atoms with Gasteiger partial charge >= 0.3 is 0 Å². The lowest BCUT2D eigenvalue weighted by atomic mass is 9.90. The van der Waals surface area contributed by atoms with E-state index in [9.17, 15) is 0 Å². The minimum Gasteiger partial charge on any atom is -0.316 e. The van der Waals surface area contributed by atoms with Crippen molar-refractivity contribution in [1.82, 2.24) is 5.32 Å². The zero-order valence-corrected chi connectivity index (χ0v) is 6.98. The average Bonchev–Trinajstić information content (AvgIpc) is 2.20. The summed E-state index contributed by atoms with van der Waals surface area (Å²) in [4.78, 5) is 0. The molecule has 0 aromatic heterocycles. The van der Waals surface area contributed by atoms with Gasteiger partial charge in [0.05, 0.1) is 0 Å². The van der Waals surface area contributed by atoms with Crippen LogP contribution in [0.3, 0.4) is 0 Å². The molecule has 1 heteroatoms. The molecule has 1 aliphatic heterocycles. The van der Waals surface area contributed by atoms with E-state index in [-0.39, 0.29) is 0 Å². The van der Waals surface area contributed by atoms with Crippen LogP contribution in [0.1, 0.15) is 26.7 Å². The van der Waals surface area contributed by atoms with E-state index in [1.54, 1.807) is 0 Å². The third-order valence-corrected chi connectivity index (χ3v) is 3.11. The third-order valence-electron chi connectivity index (χ3n) is 3.11. The Morgan fingerprint density at radius 3 is 2.10 bits per heavy atom. The molecule has 1 N–H and O–H groups in total. The number of rotatable bonds is 0. The highest BCUT2D eigenvalue weighted by Crippen LogP contribution is 2.46. The molecule has 0 amide bonds. The Hall–Kier alpha value is -0.0400. The molecule has 2 atom stereocenters. The zero-order valence-electron chi connectivity index (χ0n) is 6.98. The fraction of sp³-hybridized carbons (Fsp3) is 1.00. The maximum Gasteiger partial charge on any atom is -0.00171 e. The largest absolute Gasteiger partial charge is 0.316 e. The molecule has 1 saturated heterocycles. The summed E-state index contributed by atoms with van der Waals surface area (Å²) in [5, 5.41) is 3.46. The van der Waals surface area contributed by atoms with Crippen LogP contribution in [0.2, 0.25) is 0 Å². The molecule has 2 rings (SSSR count). The lowest BCUT2D eigenvalue weighted by molar-refractivity contribution is 0.348. The molecule has 1 heterocycles. The van der Waals surface area contributed by atoms with Gasteiger partial charge < -0.3 is 5.32 Å². The highest BCUT2D eigenvalue weighted by atomic mass is 14.9. The minimum atomic E-state index is 0.650. The summed E-state index contributed by atoms with van der Waals surface area (Å²) in [5.41, 5.74) is 0.650. The maximum atomic E-state index is 3.46. The molecule has 0 bridgehead atoms. The van der Waals surface area contributed by atoms with Crippen LogP contribution in [0.4, 0.5) is 0 Å². The number of hydrogen-bond acceptors (Lipinski definition) is 1. The van der Waals surface area contributed by atoms with Gasteiger partial charge in [0, 0.05) is 0 Å². The van der Waals surface area contributed by atoms with E-state index >= 15 is 0 Å². The summed E-state index contributed by atoms with van der Waals surface area (Å²) in [6.45, 7) is 7.39. The van der Waals surface area contributed by atoms with E-state index in [0.29, 0.717) is 5.41 Å². The van der Waals surface area contributed by atoms with E-state index in [0.717, 1.165) is 11.8 Å². The first-order chi connectivity index (χ1) is 4.67. The van der Waals surface area contributed by atoms with Crippen molar-refractivity contribution in [1.29, 1.82) is 0 Å². The van der Waals surface area contributed by atoms with E-state index in [2.05, 4.69) is 19.2 Å². The number of hydrogen-bond donors (Lipinski definition) is 1. The van der Waals surface area contributed by atoms with Crippen molar-refractivity contribution in [3.05, 3.63) is 0 Å². The van der Waals surface area contributed by atoms with Gasteiger partial charge in [0.25, 0.3) is 0 Å². The van der Waals surface area contributed by atoms with Crippen LogP contribution in [0.5, 0.6) is 0 Å². The molecule has 10 heavy (non-hydrogen) atoms. The second kappa shape index (κ2) is 1.97. The van der Waals surface area contributed by atoms with Crippen molar-refractivity contribution < 1.29 is 0 Å². The first kappa shape index (κ1) is 6.66. The van der Waals surface area contributed by atoms with E-state index in [1.165, 1.54) is 25.9 Å². The average molecular weight is 139 g/mol. The Labute approximate surface area is 63.2 Å². The van der Waals surface area contributed by atoms with Gasteiger partial charge in [0.1, 0.15) is 0 Å². The molecule has 2 fully saturated rings. The molecular weight excluding hydrogens is 122 g/mol. The quantitative estimate of drug-likeness (QED) is 0.538. The minimum absolute atomic E-state index is 0.650. The third kappa shape index (κ3) is 0.968. The standard InChI is InChI=1S/C9H17N/c1-9(2)3-7-5-10-6-8(7)4-9/h7-8,10H,3-6H2,1-2H3/t7-,8+. The topological polar surface area (TPSA) is 12.0 Å². The van der Waals surface area contributed by atoms with Crippen LogP contribution < -0.4 is 5.32 Å². The number of fused-ring (bicyclic) bond motifs is 1. The molecule has 0 spiro atoms. The smallest absolute Gasteiger partial charge is 0.00171 e. The van der Waals surface area contributed by atoms with E-state index in [4.69, 9.17) is 0 Å². The van der Waals surface area contributed by atoms with Gasteiger partial charge in [-0.05, 0) is 43.2 Å². The van der Waals surface area contributed by atoms with Crippen molar-refractivity contribution in [2.45, 2.75) is 26.7 Å². The highest BCUT2D eigenvalue weighted by molar-refractivity contribution is 4.94. The molecule has 1 nitrogen and oxygen atoms in total. The normalized spacial score (nSPS) is 43.8. The van der Waals surface area contributed by atoms with Crippen molar-refractivity contribution >= 4 is 0 Å². The Kier molecular flexibility index (Phi) is 1.31. The summed E-state index contributed by atoms with van der Waals surface area (Å²) in [6, 6.07) is 0. The van der Waals surface area contributed by atoms with Crippen molar-refractivity contribution in [2.24, 2.45) is 17.3 Å². The van der Waals surface area contributed by atoms with Gasteiger partial charge in [-0.25, -0.2) is 0 Å². The lowest BCUT2D eigenvalue weighted by Crippen LogP contribution is -2.15. The highest BCUT2D eigenvalue weighted by Gasteiger charge is 2.41. The summed E-state index contributed by atoms with van der Waals surface area (Å²) >= 11 is 0.